The molecule has 1 heterocycles. The van der Waals surface area contributed by atoms with Crippen molar-refractivity contribution in [1.29, 1.82) is 0 Å². The maximum Gasteiger partial charge on any atom is 0.303 e. The van der Waals surface area contributed by atoms with Crippen LogP contribution in [-0.4, -0.2) is 36.0 Å². The molecular weight excluding hydrogens is 276 g/mol. The molecule has 112 valence electrons. The number of ether oxygens (including phenoxy) is 1. The van der Waals surface area contributed by atoms with Crippen molar-refractivity contribution in [3.8, 4) is 5.75 Å². The summed E-state index contributed by atoms with van der Waals surface area (Å²) >= 11 is 0. The van der Waals surface area contributed by atoms with Crippen LogP contribution < -0.4 is 15.0 Å². The van der Waals surface area contributed by atoms with Gasteiger partial charge >= 0.3 is 5.97 Å². The van der Waals surface area contributed by atoms with Gasteiger partial charge in [0.15, 0.2) is 6.10 Å². The molecule has 2 N–H and O–H groups in total. The fraction of sp³-hybridized carbons (Fsp3) is 0.357. The fourth-order valence-electron chi connectivity index (χ4n) is 2.04. The third-order valence-corrected chi connectivity index (χ3v) is 3.15. The van der Waals surface area contributed by atoms with Crippen LogP contribution in [-0.2, 0) is 14.4 Å². The predicted octanol–water partition coefficient (Wildman–Crippen LogP) is 1.23. The Bertz CT molecular complexity index is 599. The Hall–Kier alpha value is -2.57. The van der Waals surface area contributed by atoms with Crippen molar-refractivity contribution in [3.63, 3.8) is 0 Å². The van der Waals surface area contributed by atoms with Crippen LogP contribution in [0.4, 0.5) is 11.4 Å². The van der Waals surface area contributed by atoms with Crippen molar-refractivity contribution in [1.82, 2.24) is 0 Å². The molecule has 1 atom stereocenters. The number of amides is 2. The summed E-state index contributed by atoms with van der Waals surface area (Å²) in [6, 6.07) is 4.93. The van der Waals surface area contributed by atoms with Gasteiger partial charge in [0.25, 0.3) is 5.91 Å². The molecule has 0 saturated carbocycles. The number of nitrogens with one attached hydrogen (secondary N) is 1. The van der Waals surface area contributed by atoms with E-state index in [4.69, 9.17) is 9.84 Å². The highest BCUT2D eigenvalue weighted by atomic mass is 16.5. The van der Waals surface area contributed by atoms with E-state index in [1.165, 1.54) is 4.90 Å². The van der Waals surface area contributed by atoms with E-state index >= 15 is 0 Å². The van der Waals surface area contributed by atoms with Gasteiger partial charge in [0.1, 0.15) is 5.75 Å². The number of fused-ring (bicyclic) bond motifs is 1. The maximum absolute atomic E-state index is 11.8. The van der Waals surface area contributed by atoms with Crippen LogP contribution in [0.15, 0.2) is 18.2 Å². The van der Waals surface area contributed by atoms with Crippen LogP contribution in [0.3, 0.4) is 0 Å². The zero-order valence-corrected chi connectivity index (χ0v) is 11.8. The van der Waals surface area contributed by atoms with Gasteiger partial charge in [0.05, 0.1) is 12.1 Å². The van der Waals surface area contributed by atoms with Crippen molar-refractivity contribution in [2.24, 2.45) is 0 Å². The number of hydrogen-bond donors (Lipinski definition) is 2. The van der Waals surface area contributed by atoms with Crippen LogP contribution in [0.5, 0.6) is 5.75 Å². The first-order valence-electron chi connectivity index (χ1n) is 6.48. The average Bonchev–Trinajstić information content (AvgIpc) is 2.42. The number of anilines is 2. The zero-order chi connectivity index (χ0) is 15.6. The lowest BCUT2D eigenvalue weighted by Gasteiger charge is -2.30. The lowest BCUT2D eigenvalue weighted by atomic mass is 10.2. The predicted molar refractivity (Wildman–Crippen MR) is 75.4 cm³/mol. The minimum atomic E-state index is -1.02. The van der Waals surface area contributed by atoms with E-state index in [1.54, 1.807) is 32.2 Å². The Labute approximate surface area is 121 Å². The first-order chi connectivity index (χ1) is 9.88. The zero-order valence-electron chi connectivity index (χ0n) is 11.8. The molecule has 1 aromatic carbocycles. The van der Waals surface area contributed by atoms with Crippen LogP contribution in [0, 0.1) is 0 Å². The maximum atomic E-state index is 11.8. The van der Waals surface area contributed by atoms with E-state index < -0.39 is 12.1 Å². The molecule has 0 radical (unpaired) electrons. The minimum absolute atomic E-state index is 0.0952. The lowest BCUT2D eigenvalue weighted by molar-refractivity contribution is -0.138. The number of carboxylic acids is 1. The van der Waals surface area contributed by atoms with E-state index in [0.717, 1.165) is 0 Å². The summed E-state index contributed by atoms with van der Waals surface area (Å²) in [4.78, 5) is 35.3. The van der Waals surface area contributed by atoms with E-state index in [2.05, 4.69) is 5.32 Å². The number of hydrogen-bond acceptors (Lipinski definition) is 4. The highest BCUT2D eigenvalue weighted by Gasteiger charge is 2.28. The molecule has 21 heavy (non-hydrogen) atoms. The first-order valence-corrected chi connectivity index (χ1v) is 6.48. The van der Waals surface area contributed by atoms with Gasteiger partial charge in [-0.15, -0.1) is 0 Å². The van der Waals surface area contributed by atoms with E-state index in [-0.39, 0.29) is 24.7 Å². The highest BCUT2D eigenvalue weighted by Crippen LogP contribution is 2.35. The Morgan fingerprint density at radius 2 is 2.10 bits per heavy atom. The third kappa shape index (κ3) is 3.31. The molecule has 0 aromatic heterocycles. The summed E-state index contributed by atoms with van der Waals surface area (Å²) in [6.07, 6.45) is -0.899. The first kappa shape index (κ1) is 14.8. The van der Waals surface area contributed by atoms with Crippen molar-refractivity contribution in [2.75, 3.05) is 17.3 Å². The number of carbonyl (C=O) groups excluding carboxylic acids is 2. The Kier molecular flexibility index (Phi) is 4.11. The molecule has 2 rings (SSSR count). The van der Waals surface area contributed by atoms with Crippen LogP contribution >= 0.6 is 0 Å². The second kappa shape index (κ2) is 5.82. The number of aliphatic carboxylic acids is 1. The summed E-state index contributed by atoms with van der Waals surface area (Å²) in [7, 11) is 1.66. The number of likely N-dealkylation sites (N-methyl/N-ethyl adjacent to an activating group) is 1. The molecule has 0 aliphatic carbocycles. The lowest BCUT2D eigenvalue weighted by Crippen LogP contribution is -2.41. The molecule has 7 nitrogen and oxygen atoms in total. The van der Waals surface area contributed by atoms with Gasteiger partial charge in [0, 0.05) is 25.2 Å². The SMILES string of the molecule is CC1Oc2cc(NC(=O)CCC(=O)O)ccc2N(C)C1=O. The monoisotopic (exact) mass is 292 g/mol. The molecule has 0 saturated heterocycles. The molecule has 7 heteroatoms. The quantitative estimate of drug-likeness (QED) is 0.870. The van der Waals surface area contributed by atoms with Gasteiger partial charge in [0.2, 0.25) is 5.91 Å². The Morgan fingerprint density at radius 3 is 2.76 bits per heavy atom. The van der Waals surface area contributed by atoms with Crippen LogP contribution in [0.25, 0.3) is 0 Å². The molecule has 2 amide bonds. The Balaban J connectivity index is 2.11. The molecule has 0 spiro atoms. The normalized spacial score (nSPS) is 17.0. The highest BCUT2D eigenvalue weighted by molar-refractivity contribution is 6.00. The number of carbonyl (C=O) groups is 3. The average molecular weight is 292 g/mol. The Morgan fingerprint density at radius 1 is 1.38 bits per heavy atom. The third-order valence-electron chi connectivity index (χ3n) is 3.15. The van der Waals surface area contributed by atoms with Crippen molar-refractivity contribution in [2.45, 2.75) is 25.9 Å². The standard InChI is InChI=1S/C14H16N2O5/c1-8-14(20)16(2)10-4-3-9(7-11(10)21-8)15-12(17)5-6-13(18)19/h3-4,7-8H,5-6H2,1-2H3,(H,15,17)(H,18,19). The molecule has 1 unspecified atom stereocenters. The van der Waals surface area contributed by atoms with E-state index in [9.17, 15) is 14.4 Å². The van der Waals surface area contributed by atoms with Crippen molar-refractivity contribution in [3.05, 3.63) is 18.2 Å². The molecular formula is C14H16N2O5. The van der Waals surface area contributed by atoms with Crippen LogP contribution in [0.1, 0.15) is 19.8 Å². The van der Waals surface area contributed by atoms with Gasteiger partial charge in [-0.1, -0.05) is 0 Å². The van der Waals surface area contributed by atoms with Gasteiger partial charge in [-0.25, -0.2) is 0 Å². The van der Waals surface area contributed by atoms with Crippen LogP contribution in [0.2, 0.25) is 0 Å². The number of benzene rings is 1. The largest absolute Gasteiger partial charge is 0.481 e. The molecule has 0 bridgehead atoms. The molecule has 0 fully saturated rings. The summed E-state index contributed by atoms with van der Waals surface area (Å²) in [5.74, 6) is -1.04. The molecule has 1 aliphatic rings. The van der Waals surface area contributed by atoms with Gasteiger partial charge in [-0.05, 0) is 19.1 Å². The second-order valence-corrected chi connectivity index (χ2v) is 4.78. The van der Waals surface area contributed by atoms with Gasteiger partial charge in [-0.3, -0.25) is 14.4 Å². The molecule has 1 aliphatic heterocycles. The summed E-state index contributed by atoms with van der Waals surface area (Å²) in [5, 5.41) is 11.1. The van der Waals surface area contributed by atoms with Crippen molar-refractivity contribution >= 4 is 29.2 Å². The van der Waals surface area contributed by atoms with E-state index in [0.29, 0.717) is 17.1 Å². The van der Waals surface area contributed by atoms with Crippen molar-refractivity contribution < 1.29 is 24.2 Å². The van der Waals surface area contributed by atoms with Gasteiger partial charge < -0.3 is 20.1 Å². The number of carboxylic acid groups (broad SMARTS) is 1. The smallest absolute Gasteiger partial charge is 0.303 e. The summed E-state index contributed by atoms with van der Waals surface area (Å²) in [6.45, 7) is 1.65. The topological polar surface area (TPSA) is 95.9 Å². The second-order valence-electron chi connectivity index (χ2n) is 4.78. The number of nitrogens with zero attached hydrogens (tertiary/aromatic N) is 1. The minimum Gasteiger partial charge on any atom is -0.481 e. The van der Waals surface area contributed by atoms with E-state index in [1.807, 2.05) is 0 Å². The summed E-state index contributed by atoms with van der Waals surface area (Å²) < 4.78 is 5.50. The number of rotatable bonds is 4. The summed E-state index contributed by atoms with van der Waals surface area (Å²) in [5.41, 5.74) is 1.13. The molecule has 1 aromatic rings. The fourth-order valence-corrected chi connectivity index (χ4v) is 2.04. The van der Waals surface area contributed by atoms with Gasteiger partial charge in [-0.2, -0.15) is 0 Å².